The van der Waals surface area contributed by atoms with Crippen LogP contribution >= 0.6 is 0 Å². The maximum absolute atomic E-state index is 4.24. The fourth-order valence-electron chi connectivity index (χ4n) is 2.39. The van der Waals surface area contributed by atoms with Crippen molar-refractivity contribution >= 4 is 12.2 Å². The van der Waals surface area contributed by atoms with Crippen LogP contribution in [0.5, 0.6) is 0 Å². The number of rotatable bonds is 1. The second-order valence-corrected chi connectivity index (χ2v) is 4.19. The molecule has 0 saturated heterocycles. The van der Waals surface area contributed by atoms with Crippen LogP contribution in [0.15, 0.2) is 42.7 Å². The van der Waals surface area contributed by atoms with E-state index in [1.54, 1.807) is 0 Å². The molecule has 0 fully saturated rings. The van der Waals surface area contributed by atoms with E-state index in [0.29, 0.717) is 0 Å². The lowest BCUT2D eigenvalue weighted by atomic mass is 9.96. The van der Waals surface area contributed by atoms with Crippen LogP contribution in [0.3, 0.4) is 0 Å². The highest BCUT2D eigenvalue weighted by atomic mass is 14.9. The summed E-state index contributed by atoms with van der Waals surface area (Å²) in [6, 6.07) is 10.7. The maximum Gasteiger partial charge on any atom is 0.0601 e. The first-order chi connectivity index (χ1) is 8.40. The summed E-state index contributed by atoms with van der Waals surface area (Å²) < 4.78 is 0. The SMILES string of the molecule is CNC1c2ccccc2C=Cc2ccncc21. The van der Waals surface area contributed by atoms with Gasteiger partial charge in [-0.3, -0.25) is 4.98 Å². The molecule has 0 spiro atoms. The number of nitrogens with zero attached hydrogens (tertiary/aromatic N) is 1. The zero-order chi connectivity index (χ0) is 11.7. The van der Waals surface area contributed by atoms with Crippen LogP contribution in [0.4, 0.5) is 0 Å². The Bertz CT molecular complexity index is 523. The molecule has 2 aromatic rings. The standard InChI is InChI=1S/C15H14N2/c1-16-15-13-5-3-2-4-11(13)6-7-12-8-9-17-10-14(12)15/h2-10,15-16H,1H3. The average Bonchev–Trinajstić information content (AvgIpc) is 2.55. The summed E-state index contributed by atoms with van der Waals surface area (Å²) in [5, 5.41) is 3.38. The van der Waals surface area contributed by atoms with Crippen molar-refractivity contribution in [3.05, 3.63) is 65.0 Å². The first-order valence-corrected chi connectivity index (χ1v) is 5.78. The van der Waals surface area contributed by atoms with Crippen molar-refractivity contribution in [1.82, 2.24) is 10.3 Å². The third-order valence-corrected chi connectivity index (χ3v) is 3.24. The third kappa shape index (κ3) is 1.67. The number of aromatic nitrogens is 1. The molecular formula is C15H14N2. The summed E-state index contributed by atoms with van der Waals surface area (Å²) in [4.78, 5) is 4.24. The molecule has 1 heterocycles. The van der Waals surface area contributed by atoms with E-state index in [2.05, 4.69) is 52.8 Å². The molecular weight excluding hydrogens is 208 g/mol. The van der Waals surface area contributed by atoms with Gasteiger partial charge >= 0.3 is 0 Å². The van der Waals surface area contributed by atoms with Crippen molar-refractivity contribution in [3.8, 4) is 0 Å². The number of hydrogen-bond donors (Lipinski definition) is 1. The molecule has 1 atom stereocenters. The molecule has 17 heavy (non-hydrogen) atoms. The van der Waals surface area contributed by atoms with Crippen molar-refractivity contribution in [2.24, 2.45) is 0 Å². The summed E-state index contributed by atoms with van der Waals surface area (Å²) in [5.41, 5.74) is 5.04. The predicted molar refractivity (Wildman–Crippen MR) is 70.5 cm³/mol. The number of pyridine rings is 1. The number of nitrogens with one attached hydrogen (secondary N) is 1. The van der Waals surface area contributed by atoms with Crippen LogP contribution in [0, 0.1) is 0 Å². The van der Waals surface area contributed by atoms with E-state index < -0.39 is 0 Å². The molecule has 0 bridgehead atoms. The third-order valence-electron chi connectivity index (χ3n) is 3.24. The second-order valence-electron chi connectivity index (χ2n) is 4.19. The second kappa shape index (κ2) is 4.15. The number of benzene rings is 1. The first-order valence-electron chi connectivity index (χ1n) is 5.78. The molecule has 2 heteroatoms. The minimum absolute atomic E-state index is 0.213. The molecule has 1 unspecified atom stereocenters. The topological polar surface area (TPSA) is 24.9 Å². The van der Waals surface area contributed by atoms with Gasteiger partial charge in [0.2, 0.25) is 0 Å². The largest absolute Gasteiger partial charge is 0.309 e. The Labute approximate surface area is 101 Å². The van der Waals surface area contributed by atoms with E-state index in [9.17, 15) is 0 Å². The Hall–Kier alpha value is -1.93. The minimum Gasteiger partial charge on any atom is -0.309 e. The summed E-state index contributed by atoms with van der Waals surface area (Å²) >= 11 is 0. The summed E-state index contributed by atoms with van der Waals surface area (Å²) in [7, 11) is 1.99. The first kappa shape index (κ1) is 10.2. The molecule has 1 aromatic heterocycles. The normalized spacial score (nSPS) is 17.1. The lowest BCUT2D eigenvalue weighted by Gasteiger charge is -2.18. The van der Waals surface area contributed by atoms with Crippen molar-refractivity contribution < 1.29 is 0 Å². The summed E-state index contributed by atoms with van der Waals surface area (Å²) in [6.07, 6.45) is 8.12. The van der Waals surface area contributed by atoms with Crippen LogP contribution < -0.4 is 5.32 Å². The molecule has 1 N–H and O–H groups in total. The van der Waals surface area contributed by atoms with Gasteiger partial charge in [0.05, 0.1) is 6.04 Å². The van der Waals surface area contributed by atoms with E-state index in [1.165, 1.54) is 22.3 Å². The van der Waals surface area contributed by atoms with Gasteiger partial charge < -0.3 is 5.32 Å². The Morgan fingerprint density at radius 3 is 2.59 bits per heavy atom. The lowest BCUT2D eigenvalue weighted by molar-refractivity contribution is 0.687. The van der Waals surface area contributed by atoms with Crippen LogP contribution in [-0.2, 0) is 0 Å². The highest BCUT2D eigenvalue weighted by Crippen LogP contribution is 2.31. The molecule has 0 aliphatic heterocycles. The van der Waals surface area contributed by atoms with Gasteiger partial charge in [-0.15, -0.1) is 0 Å². The number of hydrogen-bond acceptors (Lipinski definition) is 2. The Balaban J connectivity index is 2.25. The minimum atomic E-state index is 0.213. The molecule has 0 amide bonds. The predicted octanol–water partition coefficient (Wildman–Crippen LogP) is 2.87. The quantitative estimate of drug-likeness (QED) is 0.802. The van der Waals surface area contributed by atoms with E-state index in [0.717, 1.165) is 0 Å². The van der Waals surface area contributed by atoms with Gasteiger partial charge in [0.25, 0.3) is 0 Å². The Kier molecular flexibility index (Phi) is 2.50. The van der Waals surface area contributed by atoms with Gasteiger partial charge in [0.15, 0.2) is 0 Å². The van der Waals surface area contributed by atoms with Crippen LogP contribution in [-0.4, -0.2) is 12.0 Å². The zero-order valence-corrected chi connectivity index (χ0v) is 9.72. The van der Waals surface area contributed by atoms with Crippen molar-refractivity contribution in [1.29, 1.82) is 0 Å². The molecule has 0 saturated carbocycles. The fraction of sp³-hybridized carbons (Fsp3) is 0.133. The maximum atomic E-state index is 4.24. The molecule has 0 radical (unpaired) electrons. The van der Waals surface area contributed by atoms with Crippen molar-refractivity contribution in [3.63, 3.8) is 0 Å². The smallest absolute Gasteiger partial charge is 0.0601 e. The highest BCUT2D eigenvalue weighted by Gasteiger charge is 2.19. The van der Waals surface area contributed by atoms with Gasteiger partial charge in [-0.2, -0.15) is 0 Å². The van der Waals surface area contributed by atoms with Crippen molar-refractivity contribution in [2.75, 3.05) is 7.05 Å². The highest BCUT2D eigenvalue weighted by molar-refractivity contribution is 5.76. The molecule has 2 nitrogen and oxygen atoms in total. The monoisotopic (exact) mass is 222 g/mol. The summed E-state index contributed by atoms with van der Waals surface area (Å²) in [5.74, 6) is 0. The zero-order valence-electron chi connectivity index (χ0n) is 9.72. The van der Waals surface area contributed by atoms with Gasteiger partial charge in [-0.25, -0.2) is 0 Å². The number of fused-ring (bicyclic) bond motifs is 2. The van der Waals surface area contributed by atoms with Crippen molar-refractivity contribution in [2.45, 2.75) is 6.04 Å². The van der Waals surface area contributed by atoms with Gasteiger partial charge in [0.1, 0.15) is 0 Å². The molecule has 1 aliphatic rings. The fourth-order valence-corrected chi connectivity index (χ4v) is 2.39. The van der Waals surface area contributed by atoms with E-state index >= 15 is 0 Å². The molecule has 3 rings (SSSR count). The van der Waals surface area contributed by atoms with E-state index in [1.807, 2.05) is 19.4 Å². The molecule has 1 aromatic carbocycles. The van der Waals surface area contributed by atoms with Crippen LogP contribution in [0.25, 0.3) is 12.2 Å². The van der Waals surface area contributed by atoms with Gasteiger partial charge in [-0.1, -0.05) is 36.4 Å². The summed E-state index contributed by atoms with van der Waals surface area (Å²) in [6.45, 7) is 0. The molecule has 84 valence electrons. The Morgan fingerprint density at radius 1 is 1.00 bits per heavy atom. The van der Waals surface area contributed by atoms with E-state index in [-0.39, 0.29) is 6.04 Å². The van der Waals surface area contributed by atoms with E-state index in [4.69, 9.17) is 0 Å². The van der Waals surface area contributed by atoms with Crippen LogP contribution in [0.2, 0.25) is 0 Å². The lowest BCUT2D eigenvalue weighted by Crippen LogP contribution is -2.19. The van der Waals surface area contributed by atoms with Gasteiger partial charge in [0, 0.05) is 12.4 Å². The van der Waals surface area contributed by atoms with Crippen LogP contribution in [0.1, 0.15) is 28.3 Å². The van der Waals surface area contributed by atoms with Gasteiger partial charge in [-0.05, 0) is 35.4 Å². The average molecular weight is 222 g/mol. The molecule has 1 aliphatic carbocycles. The Morgan fingerprint density at radius 2 is 1.76 bits per heavy atom.